The lowest BCUT2D eigenvalue weighted by atomic mass is 9.99. The average Bonchev–Trinajstić information content (AvgIpc) is 2.18. The lowest BCUT2D eigenvalue weighted by Crippen LogP contribution is -2.35. The molecule has 15 heavy (non-hydrogen) atoms. The third-order valence-electron chi connectivity index (χ3n) is 2.21. The third-order valence-corrected chi connectivity index (χ3v) is 2.21. The van der Waals surface area contributed by atoms with Crippen molar-refractivity contribution < 1.29 is 10.0 Å². The van der Waals surface area contributed by atoms with E-state index >= 15 is 0 Å². The predicted octanol–water partition coefficient (Wildman–Crippen LogP) is 1.50. The molecular weight excluding hydrogens is 196 g/mol. The normalized spacial score (nSPS) is 14.6. The topological polar surface area (TPSA) is 89.4 Å². The Balaban J connectivity index is 2.93. The predicted molar refractivity (Wildman–Crippen MR) is 56.1 cm³/mol. The molecule has 1 atom stereocenters. The molecular formula is C10H14N2O3. The second-order valence-corrected chi connectivity index (χ2v) is 3.48. The van der Waals surface area contributed by atoms with E-state index in [9.17, 15) is 15.2 Å². The van der Waals surface area contributed by atoms with Crippen LogP contribution in [0.15, 0.2) is 24.3 Å². The Bertz CT molecular complexity index is 346. The molecule has 0 aliphatic carbocycles. The van der Waals surface area contributed by atoms with E-state index in [1.54, 1.807) is 0 Å². The molecule has 0 amide bonds. The first-order valence-electron chi connectivity index (χ1n) is 4.73. The quantitative estimate of drug-likeness (QED) is 0.447. The van der Waals surface area contributed by atoms with E-state index in [-0.39, 0.29) is 5.69 Å². The van der Waals surface area contributed by atoms with Gasteiger partial charge in [0.25, 0.3) is 5.69 Å². The molecule has 0 saturated heterocycles. The summed E-state index contributed by atoms with van der Waals surface area (Å²) in [5.74, 6) is 0. The highest BCUT2D eigenvalue weighted by molar-refractivity contribution is 5.34. The van der Waals surface area contributed by atoms with Crippen LogP contribution in [-0.2, 0) is 5.72 Å². The van der Waals surface area contributed by atoms with E-state index in [4.69, 9.17) is 5.73 Å². The third kappa shape index (κ3) is 2.74. The van der Waals surface area contributed by atoms with E-state index in [0.717, 1.165) is 6.42 Å². The van der Waals surface area contributed by atoms with Crippen LogP contribution in [0.4, 0.5) is 5.69 Å². The Hall–Kier alpha value is -1.46. The van der Waals surface area contributed by atoms with Gasteiger partial charge >= 0.3 is 0 Å². The fraction of sp³-hybridized carbons (Fsp3) is 0.400. The van der Waals surface area contributed by atoms with Crippen molar-refractivity contribution in [1.29, 1.82) is 0 Å². The molecule has 0 spiro atoms. The van der Waals surface area contributed by atoms with Crippen molar-refractivity contribution in [2.75, 3.05) is 0 Å². The monoisotopic (exact) mass is 210 g/mol. The van der Waals surface area contributed by atoms with Crippen molar-refractivity contribution in [2.24, 2.45) is 5.73 Å². The van der Waals surface area contributed by atoms with Gasteiger partial charge in [-0.2, -0.15) is 0 Å². The van der Waals surface area contributed by atoms with E-state index in [0.29, 0.717) is 12.0 Å². The van der Waals surface area contributed by atoms with Crippen LogP contribution in [0, 0.1) is 10.1 Å². The van der Waals surface area contributed by atoms with Crippen LogP contribution in [0.3, 0.4) is 0 Å². The molecule has 1 rings (SSSR count). The van der Waals surface area contributed by atoms with Gasteiger partial charge in [-0.1, -0.05) is 13.3 Å². The molecule has 1 aromatic carbocycles. The van der Waals surface area contributed by atoms with Gasteiger partial charge in [0.2, 0.25) is 0 Å². The van der Waals surface area contributed by atoms with Crippen molar-refractivity contribution in [2.45, 2.75) is 25.5 Å². The summed E-state index contributed by atoms with van der Waals surface area (Å²) in [7, 11) is 0. The van der Waals surface area contributed by atoms with Crippen molar-refractivity contribution in [3.05, 3.63) is 39.9 Å². The summed E-state index contributed by atoms with van der Waals surface area (Å²) in [5.41, 5.74) is 4.75. The standard InChI is InChI=1S/C10H14N2O3/c1-2-7-10(11,13)8-3-5-9(6-4-8)12(14)15/h3-6,13H,2,7,11H2,1H3. The summed E-state index contributed by atoms with van der Waals surface area (Å²) < 4.78 is 0. The summed E-state index contributed by atoms with van der Waals surface area (Å²) >= 11 is 0. The summed E-state index contributed by atoms with van der Waals surface area (Å²) in [5, 5.41) is 20.2. The first-order chi connectivity index (χ1) is 6.97. The van der Waals surface area contributed by atoms with Gasteiger partial charge in [-0.25, -0.2) is 0 Å². The fourth-order valence-corrected chi connectivity index (χ4v) is 1.40. The number of nitro benzene ring substituents is 1. The maximum absolute atomic E-state index is 10.4. The number of rotatable bonds is 4. The van der Waals surface area contributed by atoms with Crippen molar-refractivity contribution >= 4 is 5.69 Å². The molecule has 1 unspecified atom stereocenters. The molecule has 5 nitrogen and oxygen atoms in total. The largest absolute Gasteiger partial charge is 0.372 e. The SMILES string of the molecule is CCCC(N)(O)c1ccc([N+](=O)[O-])cc1. The Morgan fingerprint density at radius 2 is 2.00 bits per heavy atom. The van der Waals surface area contributed by atoms with Crippen molar-refractivity contribution in [1.82, 2.24) is 0 Å². The van der Waals surface area contributed by atoms with Gasteiger partial charge in [-0.15, -0.1) is 0 Å². The highest BCUT2D eigenvalue weighted by Crippen LogP contribution is 2.22. The zero-order valence-corrected chi connectivity index (χ0v) is 8.51. The van der Waals surface area contributed by atoms with E-state index in [2.05, 4.69) is 0 Å². The van der Waals surface area contributed by atoms with Crippen LogP contribution < -0.4 is 5.73 Å². The fourth-order valence-electron chi connectivity index (χ4n) is 1.40. The van der Waals surface area contributed by atoms with Crippen LogP contribution in [0.5, 0.6) is 0 Å². The molecule has 3 N–H and O–H groups in total. The first kappa shape index (κ1) is 11.6. The smallest absolute Gasteiger partial charge is 0.269 e. The lowest BCUT2D eigenvalue weighted by Gasteiger charge is -2.22. The molecule has 0 fully saturated rings. The molecule has 0 heterocycles. The Labute approximate surface area is 87.7 Å². The molecule has 82 valence electrons. The van der Waals surface area contributed by atoms with Crippen LogP contribution >= 0.6 is 0 Å². The zero-order valence-electron chi connectivity index (χ0n) is 8.51. The maximum Gasteiger partial charge on any atom is 0.269 e. The molecule has 0 bridgehead atoms. The second kappa shape index (κ2) is 4.37. The zero-order chi connectivity index (χ0) is 11.5. The van der Waals surface area contributed by atoms with Crippen molar-refractivity contribution in [3.63, 3.8) is 0 Å². The van der Waals surface area contributed by atoms with Gasteiger partial charge < -0.3 is 5.11 Å². The van der Waals surface area contributed by atoms with E-state index in [1.807, 2.05) is 6.92 Å². The highest BCUT2D eigenvalue weighted by Gasteiger charge is 2.22. The van der Waals surface area contributed by atoms with Gasteiger partial charge in [0.15, 0.2) is 0 Å². The number of nitro groups is 1. The summed E-state index contributed by atoms with van der Waals surface area (Å²) in [4.78, 5) is 9.91. The summed E-state index contributed by atoms with van der Waals surface area (Å²) in [6, 6.07) is 5.63. The molecule has 0 saturated carbocycles. The van der Waals surface area contributed by atoms with Crippen LogP contribution in [0.1, 0.15) is 25.3 Å². The van der Waals surface area contributed by atoms with Gasteiger partial charge in [0, 0.05) is 12.1 Å². The number of hydrogen-bond acceptors (Lipinski definition) is 4. The average molecular weight is 210 g/mol. The number of non-ortho nitro benzene ring substituents is 1. The molecule has 0 aromatic heterocycles. The molecule has 0 aliphatic heterocycles. The van der Waals surface area contributed by atoms with Crippen molar-refractivity contribution in [3.8, 4) is 0 Å². The number of nitrogens with zero attached hydrogens (tertiary/aromatic N) is 1. The highest BCUT2D eigenvalue weighted by atomic mass is 16.6. The van der Waals surface area contributed by atoms with Gasteiger partial charge in [0.1, 0.15) is 5.72 Å². The minimum Gasteiger partial charge on any atom is -0.372 e. The molecule has 5 heteroatoms. The minimum atomic E-state index is -1.40. The van der Waals surface area contributed by atoms with Gasteiger partial charge in [0.05, 0.1) is 4.92 Å². The van der Waals surface area contributed by atoms with Crippen LogP contribution in [-0.4, -0.2) is 10.0 Å². The van der Waals surface area contributed by atoms with Crippen LogP contribution in [0.2, 0.25) is 0 Å². The first-order valence-corrected chi connectivity index (χ1v) is 4.73. The second-order valence-electron chi connectivity index (χ2n) is 3.48. The summed E-state index contributed by atoms with van der Waals surface area (Å²) in [6.45, 7) is 1.91. The number of nitrogens with two attached hydrogens (primary N) is 1. The van der Waals surface area contributed by atoms with Gasteiger partial charge in [-0.3, -0.25) is 15.8 Å². The number of benzene rings is 1. The van der Waals surface area contributed by atoms with Gasteiger partial charge in [-0.05, 0) is 24.1 Å². The Morgan fingerprint density at radius 1 is 1.47 bits per heavy atom. The number of aliphatic hydroxyl groups is 1. The summed E-state index contributed by atoms with van der Waals surface area (Å²) in [6.07, 6.45) is 1.16. The Morgan fingerprint density at radius 3 is 2.40 bits per heavy atom. The maximum atomic E-state index is 10.4. The van der Waals surface area contributed by atoms with Crippen LogP contribution in [0.25, 0.3) is 0 Å². The lowest BCUT2D eigenvalue weighted by molar-refractivity contribution is -0.384. The van der Waals surface area contributed by atoms with E-state index in [1.165, 1.54) is 24.3 Å². The Kier molecular flexibility index (Phi) is 3.39. The molecule has 0 radical (unpaired) electrons. The minimum absolute atomic E-state index is 0.00829. The molecule has 0 aliphatic rings. The molecule has 1 aromatic rings. The van der Waals surface area contributed by atoms with E-state index < -0.39 is 10.6 Å². The number of hydrogen-bond donors (Lipinski definition) is 2.